The fourth-order valence-corrected chi connectivity index (χ4v) is 6.50. The standard InChI is InChI=1S/C27H33N3O3/c1-3-33-23-7-4-18(13-24(23)32-2)5-9-26(31)29-22-6-8-25(28-17-22)30-27-14-19-10-20(15-27)12-21(11-19)16-27/h4-9,13,17,19-21H,3,10-12,14-16H2,1-2H3,(H,28,30)(H,29,31)/b9-5+. The number of hydrogen-bond acceptors (Lipinski definition) is 5. The molecule has 0 saturated heterocycles. The van der Waals surface area contributed by atoms with E-state index < -0.39 is 0 Å². The third-order valence-electron chi connectivity index (χ3n) is 7.38. The molecule has 1 aromatic carbocycles. The van der Waals surface area contributed by atoms with Crippen molar-refractivity contribution in [3.63, 3.8) is 0 Å². The van der Waals surface area contributed by atoms with Crippen molar-refractivity contribution in [3.8, 4) is 11.5 Å². The van der Waals surface area contributed by atoms with E-state index in [9.17, 15) is 4.79 Å². The number of ether oxygens (including phenoxy) is 2. The molecule has 0 atom stereocenters. The van der Waals surface area contributed by atoms with Gasteiger partial charge in [-0.3, -0.25) is 4.79 Å². The van der Waals surface area contributed by atoms with Crippen molar-refractivity contribution in [1.82, 2.24) is 4.98 Å². The van der Waals surface area contributed by atoms with E-state index >= 15 is 0 Å². The zero-order valence-corrected chi connectivity index (χ0v) is 19.5. The summed E-state index contributed by atoms with van der Waals surface area (Å²) >= 11 is 0. The number of carbonyl (C=O) groups is 1. The summed E-state index contributed by atoms with van der Waals surface area (Å²) in [4.78, 5) is 17.0. The van der Waals surface area contributed by atoms with Crippen molar-refractivity contribution in [2.45, 2.75) is 51.0 Å². The molecule has 2 aromatic rings. The van der Waals surface area contributed by atoms with Crippen molar-refractivity contribution in [1.29, 1.82) is 0 Å². The van der Waals surface area contributed by atoms with Gasteiger partial charge >= 0.3 is 0 Å². The first-order chi connectivity index (χ1) is 16.0. The lowest BCUT2D eigenvalue weighted by atomic mass is 9.53. The summed E-state index contributed by atoms with van der Waals surface area (Å²) in [5.74, 6) is 4.72. The van der Waals surface area contributed by atoms with Gasteiger partial charge in [-0.1, -0.05) is 6.07 Å². The number of anilines is 2. The van der Waals surface area contributed by atoms with E-state index in [-0.39, 0.29) is 11.4 Å². The van der Waals surface area contributed by atoms with Gasteiger partial charge in [0.15, 0.2) is 11.5 Å². The molecule has 0 unspecified atom stereocenters. The second-order valence-corrected chi connectivity index (χ2v) is 9.92. The summed E-state index contributed by atoms with van der Waals surface area (Å²) in [5.41, 5.74) is 1.78. The zero-order valence-electron chi connectivity index (χ0n) is 19.5. The molecular weight excluding hydrogens is 414 g/mol. The first-order valence-corrected chi connectivity index (χ1v) is 12.1. The summed E-state index contributed by atoms with van der Waals surface area (Å²) < 4.78 is 10.9. The second-order valence-electron chi connectivity index (χ2n) is 9.92. The number of amides is 1. The molecular formula is C27H33N3O3. The lowest BCUT2D eigenvalue weighted by molar-refractivity contribution is -0.111. The van der Waals surface area contributed by atoms with E-state index in [1.807, 2.05) is 37.3 Å². The van der Waals surface area contributed by atoms with Crippen LogP contribution in [-0.2, 0) is 4.79 Å². The van der Waals surface area contributed by atoms with Gasteiger partial charge in [0.2, 0.25) is 5.91 Å². The summed E-state index contributed by atoms with van der Waals surface area (Å²) in [6.07, 6.45) is 13.1. The molecule has 1 heterocycles. The van der Waals surface area contributed by atoms with Crippen molar-refractivity contribution < 1.29 is 14.3 Å². The molecule has 6 nitrogen and oxygen atoms in total. The maximum atomic E-state index is 12.4. The Morgan fingerprint density at radius 2 is 1.82 bits per heavy atom. The minimum Gasteiger partial charge on any atom is -0.493 e. The lowest BCUT2D eigenvalue weighted by Gasteiger charge is -2.57. The molecule has 4 aliphatic rings. The average molecular weight is 448 g/mol. The highest BCUT2D eigenvalue weighted by atomic mass is 16.5. The number of benzene rings is 1. The number of aromatic nitrogens is 1. The van der Waals surface area contributed by atoms with Crippen LogP contribution in [0.4, 0.5) is 11.5 Å². The molecule has 174 valence electrons. The van der Waals surface area contributed by atoms with Gasteiger partial charge in [0.1, 0.15) is 5.82 Å². The monoisotopic (exact) mass is 447 g/mol. The molecule has 4 saturated carbocycles. The molecule has 1 amide bonds. The quantitative estimate of drug-likeness (QED) is 0.521. The van der Waals surface area contributed by atoms with Crippen LogP contribution in [0.1, 0.15) is 51.0 Å². The van der Waals surface area contributed by atoms with Crippen molar-refractivity contribution in [2.24, 2.45) is 17.8 Å². The highest BCUT2D eigenvalue weighted by Gasteiger charge is 2.51. The van der Waals surface area contributed by atoms with E-state index in [0.717, 1.165) is 29.1 Å². The van der Waals surface area contributed by atoms with E-state index in [1.54, 1.807) is 19.4 Å². The predicted molar refractivity (Wildman–Crippen MR) is 131 cm³/mol. The molecule has 33 heavy (non-hydrogen) atoms. The molecule has 4 aliphatic carbocycles. The number of rotatable bonds is 8. The minimum atomic E-state index is -0.202. The normalized spacial score (nSPS) is 27.5. The first-order valence-electron chi connectivity index (χ1n) is 12.1. The Hall–Kier alpha value is -3.02. The number of nitrogens with zero attached hydrogens (tertiary/aromatic N) is 1. The van der Waals surface area contributed by atoms with Crippen LogP contribution in [-0.4, -0.2) is 30.1 Å². The van der Waals surface area contributed by atoms with Crippen LogP contribution < -0.4 is 20.1 Å². The van der Waals surface area contributed by atoms with Crippen LogP contribution in [0.15, 0.2) is 42.6 Å². The third-order valence-corrected chi connectivity index (χ3v) is 7.38. The van der Waals surface area contributed by atoms with Crippen LogP contribution in [0.25, 0.3) is 6.08 Å². The van der Waals surface area contributed by atoms with Crippen molar-refractivity contribution >= 4 is 23.5 Å². The number of carbonyl (C=O) groups excluding carboxylic acids is 1. The molecule has 0 radical (unpaired) electrons. The predicted octanol–water partition coefficient (Wildman–Crippen LogP) is 5.52. The zero-order chi connectivity index (χ0) is 22.8. The molecule has 2 N–H and O–H groups in total. The van der Waals surface area contributed by atoms with Crippen LogP contribution in [0.5, 0.6) is 11.5 Å². The van der Waals surface area contributed by atoms with Gasteiger partial charge in [-0.25, -0.2) is 4.98 Å². The Balaban J connectivity index is 1.18. The van der Waals surface area contributed by atoms with Gasteiger partial charge in [-0.05, 0) is 99.1 Å². The summed E-state index contributed by atoms with van der Waals surface area (Å²) in [6, 6.07) is 9.49. The van der Waals surface area contributed by atoms with Gasteiger partial charge in [0.05, 0.1) is 25.6 Å². The van der Waals surface area contributed by atoms with Gasteiger partial charge in [-0.15, -0.1) is 0 Å². The fourth-order valence-electron chi connectivity index (χ4n) is 6.50. The molecule has 1 aromatic heterocycles. The Bertz CT molecular complexity index is 996. The van der Waals surface area contributed by atoms with Gasteiger partial charge in [0, 0.05) is 11.6 Å². The maximum absolute atomic E-state index is 12.4. The fraction of sp³-hybridized carbons (Fsp3) is 0.481. The van der Waals surface area contributed by atoms with Crippen LogP contribution in [0.2, 0.25) is 0 Å². The molecule has 6 heteroatoms. The SMILES string of the molecule is CCOc1ccc(/C=C/C(=O)Nc2ccc(NC34CC5CC(CC(C5)C3)C4)nc2)cc1OC. The molecule has 6 rings (SSSR count). The van der Waals surface area contributed by atoms with Gasteiger partial charge < -0.3 is 20.1 Å². The smallest absolute Gasteiger partial charge is 0.248 e. The molecule has 4 fully saturated rings. The van der Waals surface area contributed by atoms with E-state index in [4.69, 9.17) is 9.47 Å². The summed E-state index contributed by atoms with van der Waals surface area (Å²) in [7, 11) is 1.60. The highest BCUT2D eigenvalue weighted by Crippen LogP contribution is 2.56. The van der Waals surface area contributed by atoms with Gasteiger partial charge in [0.25, 0.3) is 0 Å². The Labute approximate surface area is 195 Å². The average Bonchev–Trinajstić information content (AvgIpc) is 2.79. The second kappa shape index (κ2) is 9.08. The first kappa shape index (κ1) is 21.8. The number of hydrogen-bond donors (Lipinski definition) is 2. The molecule has 0 spiro atoms. The Morgan fingerprint density at radius 1 is 1.09 bits per heavy atom. The third kappa shape index (κ3) is 4.85. The Morgan fingerprint density at radius 3 is 2.42 bits per heavy atom. The van der Waals surface area contributed by atoms with Crippen LogP contribution >= 0.6 is 0 Å². The summed E-state index contributed by atoms with van der Waals surface area (Å²) in [5, 5.41) is 6.67. The minimum absolute atomic E-state index is 0.202. The van der Waals surface area contributed by atoms with Crippen LogP contribution in [0, 0.1) is 17.8 Å². The number of nitrogens with one attached hydrogen (secondary N) is 2. The maximum Gasteiger partial charge on any atom is 0.248 e. The topological polar surface area (TPSA) is 72.5 Å². The summed E-state index contributed by atoms with van der Waals surface area (Å²) in [6.45, 7) is 2.50. The van der Waals surface area contributed by atoms with E-state index in [1.165, 1.54) is 44.6 Å². The highest BCUT2D eigenvalue weighted by molar-refractivity contribution is 6.01. The van der Waals surface area contributed by atoms with Crippen LogP contribution in [0.3, 0.4) is 0 Å². The number of pyridine rings is 1. The molecule has 4 bridgehead atoms. The van der Waals surface area contributed by atoms with Crippen molar-refractivity contribution in [2.75, 3.05) is 24.4 Å². The van der Waals surface area contributed by atoms with Crippen molar-refractivity contribution in [3.05, 3.63) is 48.2 Å². The molecule has 0 aliphatic heterocycles. The lowest BCUT2D eigenvalue weighted by Crippen LogP contribution is -2.54. The largest absolute Gasteiger partial charge is 0.493 e. The van der Waals surface area contributed by atoms with Gasteiger partial charge in [-0.2, -0.15) is 0 Å². The number of methoxy groups -OCH3 is 1. The van der Waals surface area contributed by atoms with E-state index in [2.05, 4.69) is 15.6 Å². The van der Waals surface area contributed by atoms with E-state index in [0.29, 0.717) is 23.8 Å². The Kier molecular flexibility index (Phi) is 6.00.